The molecule has 100 valence electrons. The largest absolute Gasteiger partial charge is 0.355 e. The van der Waals surface area contributed by atoms with Crippen molar-refractivity contribution in [1.29, 1.82) is 0 Å². The number of pyridine rings is 1. The molecule has 6 heteroatoms. The Kier molecular flexibility index (Phi) is 3.50. The molecule has 1 fully saturated rings. The third-order valence-electron chi connectivity index (χ3n) is 3.57. The van der Waals surface area contributed by atoms with Crippen LogP contribution in [-0.2, 0) is 7.05 Å². The predicted molar refractivity (Wildman–Crippen MR) is 77.1 cm³/mol. The Morgan fingerprint density at radius 3 is 3.05 bits per heavy atom. The van der Waals surface area contributed by atoms with Gasteiger partial charge in [-0.1, -0.05) is 0 Å². The molecule has 1 aliphatic heterocycles. The van der Waals surface area contributed by atoms with Gasteiger partial charge in [0.15, 0.2) is 0 Å². The number of hydrogen-bond acceptors (Lipinski definition) is 4. The van der Waals surface area contributed by atoms with E-state index in [1.807, 2.05) is 29.9 Å². The lowest BCUT2D eigenvalue weighted by atomic mass is 9.97. The molecule has 1 atom stereocenters. The van der Waals surface area contributed by atoms with Gasteiger partial charge < -0.3 is 9.47 Å². The lowest BCUT2D eigenvalue weighted by molar-refractivity contribution is 0.477. The van der Waals surface area contributed by atoms with Crippen LogP contribution in [0, 0.1) is 0 Å². The molecule has 19 heavy (non-hydrogen) atoms. The maximum absolute atomic E-state index is 4.48. The molecule has 0 aliphatic carbocycles. The van der Waals surface area contributed by atoms with Gasteiger partial charge >= 0.3 is 0 Å². The van der Waals surface area contributed by atoms with Crippen molar-refractivity contribution in [3.05, 3.63) is 35.0 Å². The van der Waals surface area contributed by atoms with Crippen molar-refractivity contribution < 1.29 is 0 Å². The second-order valence-electron chi connectivity index (χ2n) is 4.89. The molecule has 1 saturated heterocycles. The molecule has 2 aromatic heterocycles. The topological polar surface area (TPSA) is 46.8 Å². The zero-order valence-electron chi connectivity index (χ0n) is 10.8. The van der Waals surface area contributed by atoms with E-state index in [0.717, 1.165) is 42.0 Å². The number of piperidine rings is 1. The van der Waals surface area contributed by atoms with Crippen molar-refractivity contribution in [1.82, 2.24) is 19.7 Å². The predicted octanol–water partition coefficient (Wildman–Crippen LogP) is 2.36. The second kappa shape index (κ2) is 5.28. The lowest BCUT2D eigenvalue weighted by Gasteiger charge is -2.33. The Labute approximate surface area is 120 Å². The molecule has 0 unspecified atom stereocenters. The minimum atomic E-state index is 0.426. The van der Waals surface area contributed by atoms with Gasteiger partial charge in [0, 0.05) is 32.3 Å². The summed E-state index contributed by atoms with van der Waals surface area (Å²) in [6, 6.07) is 3.98. The van der Waals surface area contributed by atoms with E-state index in [0.29, 0.717) is 5.92 Å². The number of hydrogen-bond donors (Lipinski definition) is 0. The van der Waals surface area contributed by atoms with Crippen LogP contribution in [0.5, 0.6) is 0 Å². The van der Waals surface area contributed by atoms with Gasteiger partial charge in [0.1, 0.15) is 18.0 Å². The fourth-order valence-corrected chi connectivity index (χ4v) is 3.16. The Morgan fingerprint density at radius 1 is 1.42 bits per heavy atom. The molecule has 0 saturated carbocycles. The molecule has 0 amide bonds. The maximum Gasteiger partial charge on any atom is 0.142 e. The normalized spacial score (nSPS) is 19.7. The van der Waals surface area contributed by atoms with Crippen molar-refractivity contribution in [3.8, 4) is 0 Å². The molecule has 2 aromatic rings. The molecular formula is C13H16BrN5. The van der Waals surface area contributed by atoms with Gasteiger partial charge in [0.2, 0.25) is 0 Å². The molecule has 1 aliphatic rings. The first-order chi connectivity index (χ1) is 9.25. The molecule has 0 radical (unpaired) electrons. The van der Waals surface area contributed by atoms with E-state index >= 15 is 0 Å². The number of anilines is 1. The molecule has 5 nitrogen and oxygen atoms in total. The summed E-state index contributed by atoms with van der Waals surface area (Å²) < 4.78 is 3.07. The number of nitrogens with zero attached hydrogens (tertiary/aromatic N) is 5. The number of aromatic nitrogens is 4. The summed E-state index contributed by atoms with van der Waals surface area (Å²) in [5, 5.41) is 8.23. The Balaban J connectivity index is 1.83. The highest BCUT2D eigenvalue weighted by Gasteiger charge is 2.26. The van der Waals surface area contributed by atoms with Crippen LogP contribution >= 0.6 is 15.9 Å². The summed E-state index contributed by atoms with van der Waals surface area (Å²) in [6.45, 7) is 1.99. The fourth-order valence-electron chi connectivity index (χ4n) is 2.65. The smallest absolute Gasteiger partial charge is 0.142 e. The van der Waals surface area contributed by atoms with Gasteiger partial charge in [-0.05, 0) is 40.9 Å². The minimum Gasteiger partial charge on any atom is -0.355 e. The molecule has 0 aromatic carbocycles. The summed E-state index contributed by atoms with van der Waals surface area (Å²) in [5.41, 5.74) is 0. The lowest BCUT2D eigenvalue weighted by Crippen LogP contribution is -2.36. The first-order valence-corrected chi connectivity index (χ1v) is 7.24. The van der Waals surface area contributed by atoms with Crippen LogP contribution in [0.4, 0.5) is 5.82 Å². The van der Waals surface area contributed by atoms with Crippen molar-refractivity contribution in [2.24, 2.45) is 7.05 Å². The van der Waals surface area contributed by atoms with Gasteiger partial charge in [-0.2, -0.15) is 0 Å². The SMILES string of the molecule is Cn1cnnc1[C@H]1CCCN(c2ncccc2Br)C1. The van der Waals surface area contributed by atoms with E-state index in [9.17, 15) is 0 Å². The average Bonchev–Trinajstić information content (AvgIpc) is 2.86. The molecule has 3 heterocycles. The van der Waals surface area contributed by atoms with Crippen LogP contribution in [0.2, 0.25) is 0 Å². The summed E-state index contributed by atoms with van der Waals surface area (Å²) in [5.74, 6) is 2.52. The van der Waals surface area contributed by atoms with Crippen LogP contribution < -0.4 is 4.90 Å². The molecule has 3 rings (SSSR count). The van der Waals surface area contributed by atoms with E-state index in [4.69, 9.17) is 0 Å². The highest BCUT2D eigenvalue weighted by Crippen LogP contribution is 2.31. The van der Waals surface area contributed by atoms with Crippen molar-refractivity contribution in [2.75, 3.05) is 18.0 Å². The number of rotatable bonds is 2. The highest BCUT2D eigenvalue weighted by molar-refractivity contribution is 9.10. The number of aryl methyl sites for hydroxylation is 1. The third-order valence-corrected chi connectivity index (χ3v) is 4.19. The summed E-state index contributed by atoms with van der Waals surface area (Å²) in [7, 11) is 2.00. The van der Waals surface area contributed by atoms with E-state index in [1.165, 1.54) is 0 Å². The maximum atomic E-state index is 4.48. The van der Waals surface area contributed by atoms with E-state index < -0.39 is 0 Å². The molecule has 0 N–H and O–H groups in total. The van der Waals surface area contributed by atoms with Crippen LogP contribution in [-0.4, -0.2) is 32.8 Å². The molecule has 0 bridgehead atoms. The summed E-state index contributed by atoms with van der Waals surface area (Å²) in [4.78, 5) is 6.80. The van der Waals surface area contributed by atoms with Crippen molar-refractivity contribution >= 4 is 21.7 Å². The van der Waals surface area contributed by atoms with Crippen LogP contribution in [0.3, 0.4) is 0 Å². The van der Waals surface area contributed by atoms with Gasteiger partial charge in [-0.3, -0.25) is 0 Å². The van der Waals surface area contributed by atoms with E-state index in [-0.39, 0.29) is 0 Å². The van der Waals surface area contributed by atoms with Crippen molar-refractivity contribution in [3.63, 3.8) is 0 Å². The Bertz CT molecular complexity index is 568. The third kappa shape index (κ3) is 2.49. The first kappa shape index (κ1) is 12.6. The minimum absolute atomic E-state index is 0.426. The summed E-state index contributed by atoms with van der Waals surface area (Å²) >= 11 is 3.58. The van der Waals surface area contributed by atoms with Crippen LogP contribution in [0.15, 0.2) is 29.1 Å². The van der Waals surface area contributed by atoms with Crippen molar-refractivity contribution in [2.45, 2.75) is 18.8 Å². The van der Waals surface area contributed by atoms with Gasteiger partial charge in [-0.15, -0.1) is 10.2 Å². The second-order valence-corrected chi connectivity index (χ2v) is 5.75. The first-order valence-electron chi connectivity index (χ1n) is 6.45. The summed E-state index contributed by atoms with van der Waals surface area (Å²) in [6.07, 6.45) is 5.92. The van der Waals surface area contributed by atoms with E-state index in [1.54, 1.807) is 6.33 Å². The molecule has 0 spiro atoms. The zero-order valence-corrected chi connectivity index (χ0v) is 12.4. The van der Waals surface area contributed by atoms with Crippen LogP contribution in [0.25, 0.3) is 0 Å². The standard InChI is InChI=1S/C13H16BrN5/c1-18-9-16-17-12(18)10-4-3-7-19(8-10)13-11(14)5-2-6-15-13/h2,5-6,9-10H,3-4,7-8H2,1H3/t10-/m0/s1. The number of halogens is 1. The Hall–Kier alpha value is -1.43. The Morgan fingerprint density at radius 2 is 2.32 bits per heavy atom. The van der Waals surface area contributed by atoms with E-state index in [2.05, 4.69) is 36.0 Å². The van der Waals surface area contributed by atoms with Crippen LogP contribution in [0.1, 0.15) is 24.6 Å². The fraction of sp³-hybridized carbons (Fsp3) is 0.462. The van der Waals surface area contributed by atoms with Gasteiger partial charge in [0.05, 0.1) is 4.47 Å². The zero-order chi connectivity index (χ0) is 13.2. The quantitative estimate of drug-likeness (QED) is 0.852. The van der Waals surface area contributed by atoms with Gasteiger partial charge in [-0.25, -0.2) is 4.98 Å². The average molecular weight is 322 g/mol. The van der Waals surface area contributed by atoms with Gasteiger partial charge in [0.25, 0.3) is 0 Å². The monoisotopic (exact) mass is 321 g/mol. The highest BCUT2D eigenvalue weighted by atomic mass is 79.9. The molecular weight excluding hydrogens is 306 g/mol.